The Balaban J connectivity index is 2.02. The molecular weight excluding hydrogens is 274 g/mol. The van der Waals surface area contributed by atoms with Gasteiger partial charge in [0.1, 0.15) is 0 Å². The average molecular weight is 296 g/mol. The molecule has 2 N–H and O–H groups in total. The highest BCUT2D eigenvalue weighted by molar-refractivity contribution is 6.33. The van der Waals surface area contributed by atoms with Crippen LogP contribution in [0.5, 0.6) is 0 Å². The van der Waals surface area contributed by atoms with Gasteiger partial charge in [-0.25, -0.2) is 0 Å². The van der Waals surface area contributed by atoms with Gasteiger partial charge in [-0.3, -0.25) is 4.79 Å². The van der Waals surface area contributed by atoms with Crippen molar-refractivity contribution >= 4 is 23.2 Å². The first kappa shape index (κ1) is 15.1. The van der Waals surface area contributed by atoms with Crippen molar-refractivity contribution in [1.29, 1.82) is 0 Å². The monoisotopic (exact) mass is 295 g/mol. The molecule has 1 aromatic carbocycles. The zero-order chi connectivity index (χ0) is 14.5. The number of rotatable bonds is 4. The van der Waals surface area contributed by atoms with Gasteiger partial charge < -0.3 is 15.5 Å². The van der Waals surface area contributed by atoms with E-state index in [1.54, 1.807) is 31.1 Å². The minimum atomic E-state index is -0.0134. The lowest BCUT2D eigenvalue weighted by molar-refractivity contribution is 0.0827. The molecule has 0 aliphatic carbocycles. The minimum Gasteiger partial charge on any atom is -0.382 e. The van der Waals surface area contributed by atoms with Gasteiger partial charge >= 0.3 is 0 Å². The maximum Gasteiger partial charge on any atom is 0.253 e. The second kappa shape index (κ2) is 6.95. The van der Waals surface area contributed by atoms with E-state index in [0.29, 0.717) is 16.6 Å². The number of carbonyl (C=O) groups excluding carboxylic acids is 1. The van der Waals surface area contributed by atoms with Gasteiger partial charge in [-0.1, -0.05) is 18.0 Å². The Hall–Kier alpha value is -1.26. The molecule has 2 rings (SSSR count). The van der Waals surface area contributed by atoms with Crippen LogP contribution in [0.1, 0.15) is 29.6 Å². The van der Waals surface area contributed by atoms with Crippen molar-refractivity contribution in [1.82, 2.24) is 10.2 Å². The molecule has 4 nitrogen and oxygen atoms in total. The van der Waals surface area contributed by atoms with E-state index in [2.05, 4.69) is 10.6 Å². The Morgan fingerprint density at radius 3 is 2.90 bits per heavy atom. The summed E-state index contributed by atoms with van der Waals surface area (Å²) in [5.74, 6) is -0.0134. The van der Waals surface area contributed by atoms with Crippen LogP contribution in [0.2, 0.25) is 5.02 Å². The summed E-state index contributed by atoms with van der Waals surface area (Å²) in [6.45, 7) is 1.92. The number of piperidine rings is 1. The van der Waals surface area contributed by atoms with E-state index in [9.17, 15) is 4.79 Å². The van der Waals surface area contributed by atoms with Crippen LogP contribution in [-0.4, -0.2) is 44.0 Å². The second-order valence-electron chi connectivity index (χ2n) is 5.42. The first-order valence-electron chi connectivity index (χ1n) is 7.06. The van der Waals surface area contributed by atoms with E-state index in [0.717, 1.165) is 18.8 Å². The summed E-state index contributed by atoms with van der Waals surface area (Å²) in [4.78, 5) is 13.5. The molecule has 1 amide bonds. The summed E-state index contributed by atoms with van der Waals surface area (Å²) in [6, 6.07) is 5.84. The number of amides is 1. The van der Waals surface area contributed by atoms with Crippen LogP contribution >= 0.6 is 11.6 Å². The van der Waals surface area contributed by atoms with Gasteiger partial charge in [0.2, 0.25) is 0 Å². The van der Waals surface area contributed by atoms with Crippen molar-refractivity contribution in [3.8, 4) is 0 Å². The van der Waals surface area contributed by atoms with Crippen LogP contribution in [0.3, 0.4) is 0 Å². The number of carbonyl (C=O) groups is 1. The third-order valence-electron chi connectivity index (χ3n) is 3.57. The third-order valence-corrected chi connectivity index (χ3v) is 3.90. The molecule has 1 saturated heterocycles. The van der Waals surface area contributed by atoms with Crippen molar-refractivity contribution in [2.24, 2.45) is 0 Å². The fourth-order valence-corrected chi connectivity index (χ4v) is 2.57. The molecule has 1 heterocycles. The first-order valence-corrected chi connectivity index (χ1v) is 7.44. The molecule has 1 aliphatic rings. The zero-order valence-electron chi connectivity index (χ0n) is 12.1. The highest BCUT2D eigenvalue weighted by atomic mass is 35.5. The molecule has 5 heteroatoms. The van der Waals surface area contributed by atoms with Crippen LogP contribution < -0.4 is 10.6 Å². The highest BCUT2D eigenvalue weighted by Crippen LogP contribution is 2.24. The molecule has 1 unspecified atom stereocenters. The smallest absolute Gasteiger partial charge is 0.253 e. The number of hydrogen-bond donors (Lipinski definition) is 2. The van der Waals surface area contributed by atoms with E-state index in [1.165, 1.54) is 19.3 Å². The lowest BCUT2D eigenvalue weighted by Gasteiger charge is -2.24. The van der Waals surface area contributed by atoms with Gasteiger partial charge in [-0.2, -0.15) is 0 Å². The SMILES string of the molecule is CN(C)C(=O)c1ccc(Cl)c(NCC2CCCCN2)c1. The maximum absolute atomic E-state index is 12.0. The van der Waals surface area contributed by atoms with Gasteiger partial charge in [0.15, 0.2) is 0 Å². The molecule has 1 aromatic rings. The number of halogens is 1. The molecule has 0 aromatic heterocycles. The summed E-state index contributed by atoms with van der Waals surface area (Å²) in [5.41, 5.74) is 1.48. The van der Waals surface area contributed by atoms with Crippen LogP contribution in [0.25, 0.3) is 0 Å². The van der Waals surface area contributed by atoms with Crippen molar-refractivity contribution in [3.63, 3.8) is 0 Å². The molecule has 0 saturated carbocycles. The summed E-state index contributed by atoms with van der Waals surface area (Å²) in [5, 5.41) is 7.48. The molecule has 0 spiro atoms. The van der Waals surface area contributed by atoms with Crippen molar-refractivity contribution in [2.45, 2.75) is 25.3 Å². The normalized spacial score (nSPS) is 18.6. The molecule has 0 radical (unpaired) electrons. The predicted octanol–water partition coefficient (Wildman–Crippen LogP) is 2.60. The topological polar surface area (TPSA) is 44.4 Å². The van der Waals surface area contributed by atoms with Gasteiger partial charge in [0, 0.05) is 32.2 Å². The fourth-order valence-electron chi connectivity index (χ4n) is 2.38. The summed E-state index contributed by atoms with van der Waals surface area (Å²) >= 11 is 6.19. The predicted molar refractivity (Wildman–Crippen MR) is 83.6 cm³/mol. The standard InChI is InChI=1S/C15H22ClN3O/c1-19(2)15(20)11-6-7-13(16)14(9-11)18-10-12-5-3-4-8-17-12/h6-7,9,12,17-18H,3-5,8,10H2,1-2H3. The van der Waals surface area contributed by atoms with E-state index in [-0.39, 0.29) is 5.91 Å². The summed E-state index contributed by atoms with van der Waals surface area (Å²) in [6.07, 6.45) is 3.71. The second-order valence-corrected chi connectivity index (χ2v) is 5.83. The van der Waals surface area contributed by atoms with Gasteiger partial charge in [-0.05, 0) is 37.6 Å². The van der Waals surface area contributed by atoms with Crippen LogP contribution in [0.15, 0.2) is 18.2 Å². The average Bonchev–Trinajstić information content (AvgIpc) is 2.46. The summed E-state index contributed by atoms with van der Waals surface area (Å²) < 4.78 is 0. The Kier molecular flexibility index (Phi) is 5.26. The minimum absolute atomic E-state index is 0.0134. The largest absolute Gasteiger partial charge is 0.382 e. The molecule has 1 aliphatic heterocycles. The molecule has 1 atom stereocenters. The number of nitrogens with zero attached hydrogens (tertiary/aromatic N) is 1. The van der Waals surface area contributed by atoms with Gasteiger partial charge in [-0.15, -0.1) is 0 Å². The van der Waals surface area contributed by atoms with Crippen LogP contribution in [0, 0.1) is 0 Å². The lowest BCUT2D eigenvalue weighted by atomic mass is 10.0. The van der Waals surface area contributed by atoms with Gasteiger partial charge in [0.05, 0.1) is 10.7 Å². The number of anilines is 1. The lowest BCUT2D eigenvalue weighted by Crippen LogP contribution is -2.39. The Morgan fingerprint density at radius 2 is 2.25 bits per heavy atom. The van der Waals surface area contributed by atoms with E-state index in [1.807, 2.05) is 6.07 Å². The fraction of sp³-hybridized carbons (Fsp3) is 0.533. The highest BCUT2D eigenvalue weighted by Gasteiger charge is 2.14. The molecular formula is C15H22ClN3O. The van der Waals surface area contributed by atoms with E-state index >= 15 is 0 Å². The van der Waals surface area contributed by atoms with E-state index < -0.39 is 0 Å². The van der Waals surface area contributed by atoms with Crippen LogP contribution in [-0.2, 0) is 0 Å². The molecule has 1 fully saturated rings. The molecule has 20 heavy (non-hydrogen) atoms. The zero-order valence-corrected chi connectivity index (χ0v) is 12.8. The Morgan fingerprint density at radius 1 is 1.45 bits per heavy atom. The maximum atomic E-state index is 12.0. The van der Waals surface area contributed by atoms with Crippen LogP contribution in [0.4, 0.5) is 5.69 Å². The number of benzene rings is 1. The Bertz CT molecular complexity index is 470. The number of nitrogens with one attached hydrogen (secondary N) is 2. The first-order chi connectivity index (χ1) is 9.58. The van der Waals surface area contributed by atoms with Gasteiger partial charge in [0.25, 0.3) is 5.91 Å². The third kappa shape index (κ3) is 3.87. The molecule has 110 valence electrons. The van der Waals surface area contributed by atoms with E-state index in [4.69, 9.17) is 11.6 Å². The van der Waals surface area contributed by atoms with Crippen molar-refractivity contribution in [3.05, 3.63) is 28.8 Å². The Labute approximate surface area is 125 Å². The molecule has 0 bridgehead atoms. The quantitative estimate of drug-likeness (QED) is 0.897. The summed E-state index contributed by atoms with van der Waals surface area (Å²) in [7, 11) is 3.49. The van der Waals surface area contributed by atoms with Crippen molar-refractivity contribution < 1.29 is 4.79 Å². The van der Waals surface area contributed by atoms with Crippen molar-refractivity contribution in [2.75, 3.05) is 32.5 Å². The number of hydrogen-bond acceptors (Lipinski definition) is 3.